The molecule has 1 aliphatic carbocycles. The Balaban J connectivity index is 1.36. The van der Waals surface area contributed by atoms with Gasteiger partial charge in [-0.25, -0.2) is 0 Å². The lowest BCUT2D eigenvalue weighted by Gasteiger charge is -2.28. The summed E-state index contributed by atoms with van der Waals surface area (Å²) in [6, 6.07) is 12.2. The summed E-state index contributed by atoms with van der Waals surface area (Å²) in [4.78, 5) is 11.4. The Labute approximate surface area is 143 Å². The van der Waals surface area contributed by atoms with Crippen LogP contribution in [0, 0.1) is 11.3 Å². The lowest BCUT2D eigenvalue weighted by Crippen LogP contribution is -2.32. The monoisotopic (exact) mass is 323 g/mol. The smallest absolute Gasteiger partial charge is 0.0888 e. The number of aromatic nitrogens is 2. The molecule has 0 unspecified atom stereocenters. The normalized spacial score (nSPS) is 26.6. The standard InChI is InChI=1S/C20H25N3O/c1-3-10-21-18(7-1)13-23-12-17-6-5-9-20(17,15-23)16-24-14-19-8-2-4-11-22-19/h1-4,7-8,10-11,17H,5-6,9,12-16H2/t17-,20+/m0/s1. The molecule has 2 atom stereocenters. The molecule has 0 amide bonds. The van der Waals surface area contributed by atoms with Crippen molar-refractivity contribution in [2.24, 2.45) is 11.3 Å². The van der Waals surface area contributed by atoms with Crippen molar-refractivity contribution in [2.45, 2.75) is 32.4 Å². The predicted octanol–water partition coefficient (Wildman–Crippen LogP) is 3.30. The average molecular weight is 323 g/mol. The topological polar surface area (TPSA) is 38.2 Å². The van der Waals surface area contributed by atoms with Gasteiger partial charge in [-0.3, -0.25) is 14.9 Å². The minimum absolute atomic E-state index is 0.337. The summed E-state index contributed by atoms with van der Waals surface area (Å²) in [5.74, 6) is 0.768. The number of likely N-dealkylation sites (tertiary alicyclic amines) is 1. The minimum Gasteiger partial charge on any atom is -0.375 e. The molecule has 1 saturated carbocycles. The van der Waals surface area contributed by atoms with Crippen molar-refractivity contribution in [3.05, 3.63) is 60.2 Å². The fourth-order valence-electron chi connectivity index (χ4n) is 4.44. The van der Waals surface area contributed by atoms with Gasteiger partial charge in [0, 0.05) is 37.4 Å². The molecule has 2 aromatic heterocycles. The molecule has 126 valence electrons. The van der Waals surface area contributed by atoms with Crippen molar-refractivity contribution in [1.29, 1.82) is 0 Å². The van der Waals surface area contributed by atoms with Crippen molar-refractivity contribution in [3.8, 4) is 0 Å². The number of ether oxygens (including phenoxy) is 1. The summed E-state index contributed by atoms with van der Waals surface area (Å²) in [6.07, 6.45) is 7.69. The highest BCUT2D eigenvalue weighted by atomic mass is 16.5. The van der Waals surface area contributed by atoms with E-state index in [0.717, 1.165) is 31.3 Å². The molecule has 2 aliphatic rings. The van der Waals surface area contributed by atoms with Crippen LogP contribution in [0.4, 0.5) is 0 Å². The molecule has 4 nitrogen and oxygen atoms in total. The average Bonchev–Trinajstić information content (AvgIpc) is 3.13. The molecule has 4 heteroatoms. The third-order valence-corrected chi connectivity index (χ3v) is 5.59. The summed E-state index contributed by atoms with van der Waals surface area (Å²) >= 11 is 0. The van der Waals surface area contributed by atoms with E-state index in [0.29, 0.717) is 12.0 Å². The Bertz CT molecular complexity index is 648. The van der Waals surface area contributed by atoms with Crippen LogP contribution in [0.25, 0.3) is 0 Å². The molecule has 1 saturated heterocycles. The van der Waals surface area contributed by atoms with E-state index in [-0.39, 0.29) is 0 Å². The van der Waals surface area contributed by atoms with Crippen LogP contribution >= 0.6 is 0 Å². The van der Waals surface area contributed by atoms with Crippen molar-refractivity contribution < 1.29 is 4.74 Å². The van der Waals surface area contributed by atoms with Gasteiger partial charge in [-0.15, -0.1) is 0 Å². The number of fused-ring (bicyclic) bond motifs is 1. The third-order valence-electron chi connectivity index (χ3n) is 5.59. The van der Waals surface area contributed by atoms with E-state index in [4.69, 9.17) is 4.74 Å². The largest absolute Gasteiger partial charge is 0.375 e. The number of rotatable bonds is 6. The van der Waals surface area contributed by atoms with Crippen LogP contribution in [0.1, 0.15) is 30.7 Å². The Morgan fingerprint density at radius 2 is 1.88 bits per heavy atom. The van der Waals surface area contributed by atoms with Gasteiger partial charge in [0.15, 0.2) is 0 Å². The molecule has 0 aromatic carbocycles. The third kappa shape index (κ3) is 3.35. The minimum atomic E-state index is 0.337. The van der Waals surface area contributed by atoms with Gasteiger partial charge in [0.1, 0.15) is 0 Å². The molecule has 0 bridgehead atoms. The first-order chi connectivity index (χ1) is 11.8. The van der Waals surface area contributed by atoms with E-state index >= 15 is 0 Å². The second-order valence-corrected chi connectivity index (χ2v) is 7.26. The molecule has 24 heavy (non-hydrogen) atoms. The Morgan fingerprint density at radius 3 is 2.62 bits per heavy atom. The Kier molecular flexibility index (Phi) is 4.58. The quantitative estimate of drug-likeness (QED) is 0.817. The van der Waals surface area contributed by atoms with Crippen LogP contribution in [0.3, 0.4) is 0 Å². The fourth-order valence-corrected chi connectivity index (χ4v) is 4.44. The number of nitrogens with zero attached hydrogens (tertiary/aromatic N) is 3. The lowest BCUT2D eigenvalue weighted by molar-refractivity contribution is 0.0252. The summed E-state index contributed by atoms with van der Waals surface area (Å²) in [5.41, 5.74) is 2.53. The zero-order valence-corrected chi connectivity index (χ0v) is 14.1. The number of pyridine rings is 2. The van der Waals surface area contributed by atoms with Gasteiger partial charge in [0.05, 0.1) is 24.6 Å². The van der Waals surface area contributed by atoms with Crippen LogP contribution in [0.2, 0.25) is 0 Å². The molecule has 3 heterocycles. The maximum absolute atomic E-state index is 6.10. The van der Waals surface area contributed by atoms with Gasteiger partial charge in [0.2, 0.25) is 0 Å². The van der Waals surface area contributed by atoms with E-state index in [9.17, 15) is 0 Å². The summed E-state index contributed by atoms with van der Waals surface area (Å²) in [7, 11) is 0. The fraction of sp³-hybridized carbons (Fsp3) is 0.500. The van der Waals surface area contributed by atoms with Gasteiger partial charge >= 0.3 is 0 Å². The predicted molar refractivity (Wildman–Crippen MR) is 93.2 cm³/mol. The SMILES string of the molecule is c1ccc(COC[C@]23CCC[C@H]2CN(Cc2ccccn2)C3)nc1. The van der Waals surface area contributed by atoms with Crippen molar-refractivity contribution in [1.82, 2.24) is 14.9 Å². The second kappa shape index (κ2) is 6.99. The van der Waals surface area contributed by atoms with Gasteiger partial charge in [-0.2, -0.15) is 0 Å². The molecule has 0 N–H and O–H groups in total. The van der Waals surface area contributed by atoms with Crippen LogP contribution < -0.4 is 0 Å². The highest BCUT2D eigenvalue weighted by Gasteiger charge is 2.49. The second-order valence-electron chi connectivity index (χ2n) is 7.26. The first-order valence-corrected chi connectivity index (χ1v) is 8.94. The van der Waals surface area contributed by atoms with E-state index in [2.05, 4.69) is 27.0 Å². The molecular weight excluding hydrogens is 298 g/mol. The first kappa shape index (κ1) is 15.7. The molecule has 2 aromatic rings. The summed E-state index contributed by atoms with van der Waals surface area (Å²) < 4.78 is 6.10. The van der Waals surface area contributed by atoms with E-state index in [1.807, 2.05) is 36.7 Å². The van der Waals surface area contributed by atoms with E-state index < -0.39 is 0 Å². The van der Waals surface area contributed by atoms with Crippen LogP contribution in [-0.4, -0.2) is 34.6 Å². The molecule has 0 radical (unpaired) electrons. The van der Waals surface area contributed by atoms with E-state index in [1.165, 1.54) is 31.5 Å². The molecule has 4 rings (SSSR count). The van der Waals surface area contributed by atoms with Crippen LogP contribution in [0.5, 0.6) is 0 Å². The maximum atomic E-state index is 6.10. The van der Waals surface area contributed by atoms with Crippen molar-refractivity contribution in [3.63, 3.8) is 0 Å². The van der Waals surface area contributed by atoms with Crippen LogP contribution in [0.15, 0.2) is 48.8 Å². The zero-order valence-electron chi connectivity index (χ0n) is 14.1. The van der Waals surface area contributed by atoms with Crippen molar-refractivity contribution in [2.75, 3.05) is 19.7 Å². The highest BCUT2D eigenvalue weighted by molar-refractivity contribution is 5.07. The molecule has 1 aliphatic heterocycles. The van der Waals surface area contributed by atoms with Gasteiger partial charge in [0.25, 0.3) is 0 Å². The van der Waals surface area contributed by atoms with Gasteiger partial charge < -0.3 is 4.74 Å². The van der Waals surface area contributed by atoms with Crippen molar-refractivity contribution >= 4 is 0 Å². The highest BCUT2D eigenvalue weighted by Crippen LogP contribution is 2.49. The Hall–Kier alpha value is -1.78. The first-order valence-electron chi connectivity index (χ1n) is 8.94. The van der Waals surface area contributed by atoms with Gasteiger partial charge in [-0.1, -0.05) is 18.6 Å². The molecule has 2 fully saturated rings. The number of hydrogen-bond donors (Lipinski definition) is 0. The Morgan fingerprint density at radius 1 is 1.08 bits per heavy atom. The number of hydrogen-bond acceptors (Lipinski definition) is 4. The zero-order chi connectivity index (χ0) is 16.2. The molecular formula is C20H25N3O. The molecule has 0 spiro atoms. The van der Waals surface area contributed by atoms with E-state index in [1.54, 1.807) is 0 Å². The van der Waals surface area contributed by atoms with Gasteiger partial charge in [-0.05, 0) is 43.0 Å². The summed E-state index contributed by atoms with van der Waals surface area (Å²) in [5, 5.41) is 0. The van der Waals surface area contributed by atoms with Crippen LogP contribution in [-0.2, 0) is 17.9 Å². The lowest BCUT2D eigenvalue weighted by atomic mass is 9.81. The summed E-state index contributed by atoms with van der Waals surface area (Å²) in [6.45, 7) is 4.75. The maximum Gasteiger partial charge on any atom is 0.0888 e.